The van der Waals surface area contributed by atoms with Crippen molar-refractivity contribution in [1.82, 2.24) is 20.5 Å². The molecule has 2 aliphatic heterocycles. The van der Waals surface area contributed by atoms with E-state index in [0.29, 0.717) is 38.8 Å². The Kier molecular flexibility index (Phi) is 4.64. The molecule has 1 atom stereocenters. The molecule has 1 unspecified atom stereocenters. The van der Waals surface area contributed by atoms with Crippen molar-refractivity contribution >= 4 is 22.7 Å². The highest BCUT2D eigenvalue weighted by Crippen LogP contribution is 2.27. The van der Waals surface area contributed by atoms with E-state index in [1.807, 2.05) is 23.2 Å². The number of ether oxygens (including phenoxy) is 2. The van der Waals surface area contributed by atoms with Gasteiger partial charge in [0.15, 0.2) is 0 Å². The van der Waals surface area contributed by atoms with E-state index in [0.717, 1.165) is 40.9 Å². The first kappa shape index (κ1) is 16.7. The minimum Gasteiger partial charge on any atom is -0.494 e. The number of nitrogens with zero attached hydrogens (tertiary/aromatic N) is 3. The van der Waals surface area contributed by atoms with Crippen LogP contribution >= 0.6 is 0 Å². The molecule has 0 aliphatic carbocycles. The van der Waals surface area contributed by atoms with Crippen LogP contribution in [0.4, 0.5) is 4.79 Å². The van der Waals surface area contributed by atoms with Crippen molar-refractivity contribution in [1.29, 1.82) is 0 Å². The molecule has 1 amide bonds. The van der Waals surface area contributed by atoms with E-state index in [-0.39, 0.29) is 0 Å². The summed E-state index contributed by atoms with van der Waals surface area (Å²) in [5, 5.41) is 18.1. The van der Waals surface area contributed by atoms with Crippen LogP contribution in [0.15, 0.2) is 23.3 Å². The van der Waals surface area contributed by atoms with Crippen LogP contribution < -0.4 is 10.1 Å². The van der Waals surface area contributed by atoms with Gasteiger partial charge < -0.3 is 14.8 Å². The van der Waals surface area contributed by atoms with Crippen LogP contribution in [0.5, 0.6) is 5.75 Å². The summed E-state index contributed by atoms with van der Waals surface area (Å²) in [6.07, 6.45) is 2.11. The highest BCUT2D eigenvalue weighted by molar-refractivity contribution is 6.09. The molecule has 2 aromatic rings. The molecule has 0 spiro atoms. The largest absolute Gasteiger partial charge is 0.494 e. The van der Waals surface area contributed by atoms with Crippen molar-refractivity contribution < 1.29 is 14.3 Å². The molecule has 1 aromatic carbocycles. The normalized spacial score (nSPS) is 21.3. The number of H-pyrrole nitrogens is 1. The smallest absolute Gasteiger partial charge is 0.407 e. The molecule has 2 N–H and O–H groups in total. The zero-order valence-corrected chi connectivity index (χ0v) is 14.8. The number of aromatic amines is 1. The number of aromatic nitrogens is 2. The molecule has 1 aromatic heterocycles. The van der Waals surface area contributed by atoms with Gasteiger partial charge in [-0.25, -0.2) is 4.79 Å². The lowest BCUT2D eigenvalue weighted by molar-refractivity contribution is 0.118. The molecular formula is C18H23N5O3. The maximum atomic E-state index is 11.7. The first-order valence-corrected chi connectivity index (χ1v) is 9.10. The van der Waals surface area contributed by atoms with E-state index in [1.54, 1.807) is 0 Å². The lowest BCUT2D eigenvalue weighted by atomic mass is 10.0. The number of cyclic esters (lactones) is 1. The zero-order chi connectivity index (χ0) is 17.9. The van der Waals surface area contributed by atoms with Crippen molar-refractivity contribution in [2.45, 2.75) is 32.2 Å². The van der Waals surface area contributed by atoms with Gasteiger partial charge >= 0.3 is 6.09 Å². The number of hydrazone groups is 1. The van der Waals surface area contributed by atoms with Gasteiger partial charge in [-0.3, -0.25) is 10.1 Å². The number of carbonyl (C=O) groups excluding carboxylic acids is 1. The Balaban J connectivity index is 1.67. The maximum absolute atomic E-state index is 11.7. The summed E-state index contributed by atoms with van der Waals surface area (Å²) >= 11 is 0. The van der Waals surface area contributed by atoms with Crippen molar-refractivity contribution in [2.75, 3.05) is 26.3 Å². The number of carbonyl (C=O) groups is 1. The van der Waals surface area contributed by atoms with Crippen molar-refractivity contribution in [2.24, 2.45) is 5.10 Å². The molecule has 3 heterocycles. The molecule has 4 bridgehead atoms. The summed E-state index contributed by atoms with van der Waals surface area (Å²) in [6.45, 7) is 4.06. The molecule has 8 heteroatoms. The lowest BCUT2D eigenvalue weighted by Crippen LogP contribution is -2.32. The van der Waals surface area contributed by atoms with Crippen LogP contribution in [-0.2, 0) is 4.74 Å². The van der Waals surface area contributed by atoms with E-state index in [1.165, 1.54) is 0 Å². The molecule has 0 fully saturated rings. The summed E-state index contributed by atoms with van der Waals surface area (Å²) < 4.78 is 11.1. The Morgan fingerprint density at radius 1 is 1.31 bits per heavy atom. The number of amides is 1. The van der Waals surface area contributed by atoms with Gasteiger partial charge in [0, 0.05) is 18.4 Å². The minimum atomic E-state index is -0.399. The number of nitrogens with one attached hydrogen (secondary N) is 2. The molecule has 26 heavy (non-hydrogen) atoms. The third-order valence-corrected chi connectivity index (χ3v) is 4.79. The number of rotatable bonds is 1. The van der Waals surface area contributed by atoms with Gasteiger partial charge in [0.05, 0.1) is 30.4 Å². The first-order valence-electron chi connectivity index (χ1n) is 9.10. The number of benzene rings is 1. The second-order valence-electron chi connectivity index (χ2n) is 6.52. The second kappa shape index (κ2) is 7.23. The SMILES string of the molecule is CCC1CC2=NN1CCOC(=O)NCCCOc1ccc3[nH]nc2c3c1. The summed E-state index contributed by atoms with van der Waals surface area (Å²) in [7, 11) is 0. The Hall–Kier alpha value is -2.77. The van der Waals surface area contributed by atoms with E-state index in [4.69, 9.17) is 14.6 Å². The van der Waals surface area contributed by atoms with Gasteiger partial charge in [-0.15, -0.1) is 0 Å². The van der Waals surface area contributed by atoms with Gasteiger partial charge in [-0.1, -0.05) is 6.92 Å². The van der Waals surface area contributed by atoms with E-state index in [9.17, 15) is 4.79 Å². The summed E-state index contributed by atoms with van der Waals surface area (Å²) in [5.41, 5.74) is 2.80. The average molecular weight is 357 g/mol. The van der Waals surface area contributed by atoms with Crippen LogP contribution in [-0.4, -0.2) is 59.4 Å². The maximum Gasteiger partial charge on any atom is 0.407 e. The molecule has 138 valence electrons. The summed E-state index contributed by atoms with van der Waals surface area (Å²) in [5.74, 6) is 0.789. The van der Waals surface area contributed by atoms with Gasteiger partial charge in [0.25, 0.3) is 0 Å². The van der Waals surface area contributed by atoms with Crippen LogP contribution in [0, 0.1) is 0 Å². The molecule has 2 aliphatic rings. The van der Waals surface area contributed by atoms with Crippen molar-refractivity contribution in [3.8, 4) is 5.75 Å². The van der Waals surface area contributed by atoms with Crippen molar-refractivity contribution in [3.63, 3.8) is 0 Å². The van der Waals surface area contributed by atoms with Gasteiger partial charge in [-0.2, -0.15) is 10.2 Å². The fraction of sp³-hybridized carbons (Fsp3) is 0.500. The van der Waals surface area contributed by atoms with E-state index in [2.05, 4.69) is 22.4 Å². The Morgan fingerprint density at radius 2 is 2.23 bits per heavy atom. The third kappa shape index (κ3) is 3.31. The quantitative estimate of drug-likeness (QED) is 0.817. The molecule has 0 radical (unpaired) electrons. The number of hydrogen-bond donors (Lipinski definition) is 2. The van der Waals surface area contributed by atoms with Crippen LogP contribution in [0.25, 0.3) is 10.9 Å². The van der Waals surface area contributed by atoms with E-state index >= 15 is 0 Å². The number of hydrogen-bond acceptors (Lipinski definition) is 6. The summed E-state index contributed by atoms with van der Waals surface area (Å²) in [4.78, 5) is 11.7. The van der Waals surface area contributed by atoms with Gasteiger partial charge in [-0.05, 0) is 31.0 Å². The zero-order valence-electron chi connectivity index (χ0n) is 14.8. The average Bonchev–Trinajstić information content (AvgIpc) is 3.24. The van der Waals surface area contributed by atoms with E-state index < -0.39 is 6.09 Å². The second-order valence-corrected chi connectivity index (χ2v) is 6.52. The van der Waals surface area contributed by atoms with Crippen LogP contribution in [0.3, 0.4) is 0 Å². The minimum absolute atomic E-state index is 0.290. The highest BCUT2D eigenvalue weighted by atomic mass is 16.5. The Bertz CT molecular complexity index is 831. The van der Waals surface area contributed by atoms with Crippen LogP contribution in [0.2, 0.25) is 0 Å². The fourth-order valence-corrected chi connectivity index (χ4v) is 3.38. The van der Waals surface area contributed by atoms with Crippen molar-refractivity contribution in [3.05, 3.63) is 23.9 Å². The van der Waals surface area contributed by atoms with Gasteiger partial charge in [0.2, 0.25) is 0 Å². The molecule has 0 saturated heterocycles. The first-order chi connectivity index (χ1) is 12.7. The molecule has 4 rings (SSSR count). The third-order valence-electron chi connectivity index (χ3n) is 4.79. The topological polar surface area (TPSA) is 91.8 Å². The number of fused-ring (bicyclic) bond motifs is 3. The monoisotopic (exact) mass is 357 g/mol. The molecular weight excluding hydrogens is 334 g/mol. The summed E-state index contributed by atoms with van der Waals surface area (Å²) in [6, 6.07) is 6.20. The number of alkyl carbamates (subject to hydrolysis) is 1. The van der Waals surface area contributed by atoms with Crippen LogP contribution in [0.1, 0.15) is 31.9 Å². The molecule has 8 nitrogen and oxygen atoms in total. The fourth-order valence-electron chi connectivity index (χ4n) is 3.38. The standard InChI is InChI=1S/C18H23N5O3/c1-2-12-10-16-17-14-11-13(4-5-15(14)20-21-17)25-8-3-6-19-18(24)26-9-7-23(12)22-16/h4-5,11-12H,2-3,6-10H2,1H3,(H,19,24)(H,20,21). The lowest BCUT2D eigenvalue weighted by Gasteiger charge is -2.21. The predicted octanol–water partition coefficient (Wildman–Crippen LogP) is 2.26. The molecule has 0 saturated carbocycles. The predicted molar refractivity (Wildman–Crippen MR) is 97.5 cm³/mol. The Labute approximate surface area is 151 Å². The highest BCUT2D eigenvalue weighted by Gasteiger charge is 2.28. The Morgan fingerprint density at radius 3 is 3.12 bits per heavy atom. The van der Waals surface area contributed by atoms with Gasteiger partial charge in [0.1, 0.15) is 18.1 Å².